The summed E-state index contributed by atoms with van der Waals surface area (Å²) < 4.78 is 0. The number of rotatable bonds is 5. The van der Waals surface area contributed by atoms with E-state index in [0.717, 1.165) is 25.7 Å². The molecule has 0 heterocycles. The second kappa shape index (κ2) is 5.16. The van der Waals surface area contributed by atoms with Crippen molar-refractivity contribution in [3.05, 3.63) is 35.9 Å². The maximum absolute atomic E-state index is 12.9. The molecule has 0 N–H and O–H groups in total. The molecule has 3 heteroatoms. The minimum absolute atomic E-state index is 0.233. The fourth-order valence-corrected chi connectivity index (χ4v) is 3.20. The Morgan fingerprint density at radius 3 is 2.42 bits per heavy atom. The molecule has 3 rings (SSSR count). The van der Waals surface area contributed by atoms with Crippen LogP contribution in [-0.2, 0) is 10.2 Å². The molecule has 102 valence electrons. The number of carbonyl (C=O) groups excluding carboxylic acids is 1. The topological polar surface area (TPSA) is 20.3 Å². The molecule has 2 nitrogen and oxygen atoms in total. The molecule has 0 bridgehead atoms. The van der Waals surface area contributed by atoms with Crippen LogP contribution in [0.15, 0.2) is 30.3 Å². The van der Waals surface area contributed by atoms with Gasteiger partial charge in [-0.3, -0.25) is 4.79 Å². The van der Waals surface area contributed by atoms with E-state index in [1.54, 1.807) is 0 Å². The third-order valence-electron chi connectivity index (χ3n) is 4.59. The first-order valence-electron chi connectivity index (χ1n) is 7.20. The average molecular weight is 278 g/mol. The van der Waals surface area contributed by atoms with Crippen LogP contribution in [0.25, 0.3) is 0 Å². The van der Waals surface area contributed by atoms with Gasteiger partial charge < -0.3 is 4.90 Å². The monoisotopic (exact) mass is 277 g/mol. The number of carbonyl (C=O) groups is 1. The lowest BCUT2D eigenvalue weighted by Crippen LogP contribution is -2.49. The van der Waals surface area contributed by atoms with Gasteiger partial charge >= 0.3 is 0 Å². The number of halogens is 1. The van der Waals surface area contributed by atoms with Gasteiger partial charge in [-0.15, -0.1) is 11.6 Å². The summed E-state index contributed by atoms with van der Waals surface area (Å²) in [6, 6.07) is 10.7. The van der Waals surface area contributed by atoms with Crippen LogP contribution >= 0.6 is 11.6 Å². The fourth-order valence-electron chi connectivity index (χ4n) is 3.02. The van der Waals surface area contributed by atoms with E-state index in [-0.39, 0.29) is 5.41 Å². The van der Waals surface area contributed by atoms with E-state index in [1.165, 1.54) is 12.0 Å². The highest BCUT2D eigenvalue weighted by Crippen LogP contribution is 2.50. The van der Waals surface area contributed by atoms with Crippen LogP contribution in [0.2, 0.25) is 0 Å². The Labute approximate surface area is 119 Å². The van der Waals surface area contributed by atoms with Crippen molar-refractivity contribution in [2.75, 3.05) is 12.4 Å². The number of nitrogens with zero attached hydrogens (tertiary/aromatic N) is 1. The molecule has 2 aliphatic rings. The van der Waals surface area contributed by atoms with E-state index < -0.39 is 0 Å². The highest BCUT2D eigenvalue weighted by Gasteiger charge is 2.53. The van der Waals surface area contributed by atoms with Crippen LogP contribution in [0.5, 0.6) is 0 Å². The van der Waals surface area contributed by atoms with Crippen LogP contribution in [0, 0.1) is 0 Å². The largest absolute Gasteiger partial charge is 0.338 e. The predicted molar refractivity (Wildman–Crippen MR) is 77.4 cm³/mol. The Bertz CT molecular complexity index is 451. The van der Waals surface area contributed by atoms with Crippen LogP contribution in [0.1, 0.15) is 37.7 Å². The molecule has 1 aromatic rings. The molecule has 1 aromatic carbocycles. The van der Waals surface area contributed by atoms with Gasteiger partial charge in [0.05, 0.1) is 5.41 Å². The third-order valence-corrected chi connectivity index (χ3v) is 4.76. The maximum atomic E-state index is 12.9. The Hall–Kier alpha value is -1.02. The fraction of sp³-hybridized carbons (Fsp3) is 0.562. The molecule has 0 atom stereocenters. The van der Waals surface area contributed by atoms with E-state index in [9.17, 15) is 4.79 Å². The number of hydrogen-bond donors (Lipinski definition) is 0. The molecule has 2 aliphatic carbocycles. The number of alkyl halides is 1. The van der Waals surface area contributed by atoms with Gasteiger partial charge in [-0.1, -0.05) is 30.3 Å². The van der Waals surface area contributed by atoms with Crippen LogP contribution in [0.3, 0.4) is 0 Å². The highest BCUT2D eigenvalue weighted by atomic mass is 35.5. The smallest absolute Gasteiger partial charge is 0.233 e. The van der Waals surface area contributed by atoms with Gasteiger partial charge in [0.2, 0.25) is 5.91 Å². The number of hydrogen-bond acceptors (Lipinski definition) is 1. The molecule has 0 aromatic heterocycles. The van der Waals surface area contributed by atoms with Gasteiger partial charge in [-0.05, 0) is 37.7 Å². The van der Waals surface area contributed by atoms with Crippen molar-refractivity contribution in [2.24, 2.45) is 0 Å². The van der Waals surface area contributed by atoms with Gasteiger partial charge in [0.15, 0.2) is 0 Å². The first-order chi connectivity index (χ1) is 9.28. The lowest BCUT2D eigenvalue weighted by molar-refractivity contribution is -0.137. The molecule has 2 saturated carbocycles. The number of amides is 1. The molecule has 1 amide bonds. The van der Waals surface area contributed by atoms with Crippen molar-refractivity contribution in [3.63, 3.8) is 0 Å². The minimum atomic E-state index is -0.233. The van der Waals surface area contributed by atoms with E-state index in [1.807, 2.05) is 18.2 Å². The first kappa shape index (κ1) is 13.0. The molecule has 0 unspecified atom stereocenters. The van der Waals surface area contributed by atoms with Gasteiger partial charge in [-0.25, -0.2) is 0 Å². The van der Waals surface area contributed by atoms with Crippen molar-refractivity contribution in [2.45, 2.75) is 43.6 Å². The average Bonchev–Trinajstić information content (AvgIpc) is 3.18. The standard InChI is InChI=1S/C16H20ClNO/c17-11-12-18(14-7-4-8-14)15(19)16(9-10-16)13-5-2-1-3-6-13/h1-3,5-6,14H,4,7-12H2. The lowest BCUT2D eigenvalue weighted by Gasteiger charge is -2.39. The summed E-state index contributed by atoms with van der Waals surface area (Å²) in [7, 11) is 0. The van der Waals surface area contributed by atoms with Crippen molar-refractivity contribution in [1.82, 2.24) is 4.90 Å². The zero-order valence-corrected chi connectivity index (χ0v) is 11.9. The summed E-state index contributed by atoms with van der Waals surface area (Å²) in [4.78, 5) is 15.0. The molecule has 0 spiro atoms. The molecule has 0 saturated heterocycles. The Balaban J connectivity index is 1.81. The first-order valence-corrected chi connectivity index (χ1v) is 7.74. The molecular weight excluding hydrogens is 258 g/mol. The van der Waals surface area contributed by atoms with Gasteiger partial charge in [0.1, 0.15) is 0 Å². The van der Waals surface area contributed by atoms with Gasteiger partial charge in [-0.2, -0.15) is 0 Å². The SMILES string of the molecule is O=C(N(CCCl)C1CCC1)C1(c2ccccc2)CC1. The molecule has 0 radical (unpaired) electrons. The van der Waals surface area contributed by atoms with Crippen molar-refractivity contribution >= 4 is 17.5 Å². The van der Waals surface area contributed by atoms with Crippen LogP contribution in [-0.4, -0.2) is 29.3 Å². The Morgan fingerprint density at radius 2 is 1.95 bits per heavy atom. The predicted octanol–water partition coefficient (Wildman–Crippen LogP) is 3.34. The van der Waals surface area contributed by atoms with Crippen molar-refractivity contribution in [3.8, 4) is 0 Å². The summed E-state index contributed by atoms with van der Waals surface area (Å²) in [6.45, 7) is 0.694. The lowest BCUT2D eigenvalue weighted by atomic mass is 9.88. The molecule has 2 fully saturated rings. The van der Waals surface area contributed by atoms with Crippen molar-refractivity contribution < 1.29 is 4.79 Å². The number of benzene rings is 1. The summed E-state index contributed by atoms with van der Waals surface area (Å²) >= 11 is 5.89. The van der Waals surface area contributed by atoms with Gasteiger partial charge in [0.25, 0.3) is 0 Å². The van der Waals surface area contributed by atoms with Crippen LogP contribution in [0.4, 0.5) is 0 Å². The zero-order valence-electron chi connectivity index (χ0n) is 11.1. The Kier molecular flexibility index (Phi) is 3.53. The summed E-state index contributed by atoms with van der Waals surface area (Å²) in [5.74, 6) is 0.844. The summed E-state index contributed by atoms with van der Waals surface area (Å²) in [6.07, 6.45) is 5.51. The molecular formula is C16H20ClNO. The van der Waals surface area contributed by atoms with E-state index in [4.69, 9.17) is 11.6 Å². The third kappa shape index (κ3) is 2.27. The molecule has 0 aliphatic heterocycles. The van der Waals surface area contributed by atoms with Crippen LogP contribution < -0.4 is 0 Å². The minimum Gasteiger partial charge on any atom is -0.338 e. The van der Waals surface area contributed by atoms with E-state index in [0.29, 0.717) is 24.4 Å². The second-order valence-electron chi connectivity index (χ2n) is 5.72. The molecule has 19 heavy (non-hydrogen) atoms. The zero-order chi connectivity index (χ0) is 13.3. The van der Waals surface area contributed by atoms with E-state index in [2.05, 4.69) is 17.0 Å². The van der Waals surface area contributed by atoms with E-state index >= 15 is 0 Å². The summed E-state index contributed by atoms with van der Waals surface area (Å²) in [5.41, 5.74) is 0.946. The second-order valence-corrected chi connectivity index (χ2v) is 6.10. The van der Waals surface area contributed by atoms with Crippen molar-refractivity contribution in [1.29, 1.82) is 0 Å². The summed E-state index contributed by atoms with van der Waals surface area (Å²) in [5, 5.41) is 0. The maximum Gasteiger partial charge on any atom is 0.233 e. The Morgan fingerprint density at radius 1 is 1.26 bits per heavy atom. The quantitative estimate of drug-likeness (QED) is 0.756. The normalized spacial score (nSPS) is 20.7. The van der Waals surface area contributed by atoms with Gasteiger partial charge in [0, 0.05) is 18.5 Å². The highest BCUT2D eigenvalue weighted by molar-refractivity contribution is 6.18.